The van der Waals surface area contributed by atoms with Gasteiger partial charge in [0.2, 0.25) is 13.1 Å². The normalized spacial score (nSPS) is 22.8. The second kappa shape index (κ2) is 11.4. The van der Waals surface area contributed by atoms with E-state index in [1.807, 2.05) is 60.0 Å². The molecule has 0 radical (unpaired) electrons. The average molecular weight is 550 g/mol. The van der Waals surface area contributed by atoms with Crippen molar-refractivity contribution in [1.82, 2.24) is 14.5 Å². The fourth-order valence-corrected chi connectivity index (χ4v) is 6.18. The molecule has 6 rings (SSSR count). The summed E-state index contributed by atoms with van der Waals surface area (Å²) in [5, 5.41) is 9.56. The Bertz CT molecular complexity index is 1450. The number of rotatable bonds is 8. The Labute approximate surface area is 232 Å². The van der Waals surface area contributed by atoms with Crippen LogP contribution in [-0.2, 0) is 14.3 Å². The fraction of sp³-hybridized carbons (Fsp3) is 0.467. The number of amides is 1. The van der Waals surface area contributed by atoms with E-state index in [1.54, 1.807) is 4.90 Å². The number of fused-ring (bicyclic) bond motifs is 2. The zero-order chi connectivity index (χ0) is 27.6. The van der Waals surface area contributed by atoms with E-state index in [1.165, 1.54) is 0 Å². The first-order valence-corrected chi connectivity index (χ1v) is 14.1. The van der Waals surface area contributed by atoms with E-state index in [0.29, 0.717) is 56.9 Å². The molecule has 0 bridgehead atoms. The molecule has 3 aliphatic heterocycles. The Hall–Kier alpha value is -3.76. The van der Waals surface area contributed by atoms with Gasteiger partial charge in [0.15, 0.2) is 17.3 Å². The van der Waals surface area contributed by atoms with Crippen LogP contribution in [0.5, 0.6) is 11.5 Å². The van der Waals surface area contributed by atoms with Crippen LogP contribution in [0.15, 0.2) is 59.1 Å². The first-order chi connectivity index (χ1) is 19.6. The lowest BCUT2D eigenvalue weighted by Crippen LogP contribution is -2.44. The van der Waals surface area contributed by atoms with Gasteiger partial charge >= 0.3 is 5.69 Å². The van der Waals surface area contributed by atoms with Gasteiger partial charge < -0.3 is 33.9 Å². The summed E-state index contributed by atoms with van der Waals surface area (Å²) in [5.41, 5.74) is 2.56. The molecule has 3 aromatic rings. The molecule has 0 spiro atoms. The molecule has 1 saturated heterocycles. The smallest absolute Gasteiger partial charge is 0.326 e. The van der Waals surface area contributed by atoms with Crippen molar-refractivity contribution < 1.29 is 28.8 Å². The van der Waals surface area contributed by atoms with Crippen molar-refractivity contribution in [2.24, 2.45) is 5.92 Å². The maximum atomic E-state index is 13.8. The number of hydrogen-bond acceptors (Lipinski definition) is 7. The number of ether oxygens (including phenoxy) is 4. The number of benzene rings is 2. The van der Waals surface area contributed by atoms with Crippen molar-refractivity contribution in [2.45, 2.75) is 50.9 Å². The molecule has 4 heterocycles. The molecule has 0 aliphatic carbocycles. The van der Waals surface area contributed by atoms with Gasteiger partial charge in [-0.25, -0.2) is 4.79 Å². The van der Waals surface area contributed by atoms with Crippen LogP contribution in [0.25, 0.3) is 11.0 Å². The van der Waals surface area contributed by atoms with Crippen LogP contribution in [0.2, 0.25) is 0 Å². The number of aromatic amines is 1. The highest BCUT2D eigenvalue weighted by Gasteiger charge is 2.40. The van der Waals surface area contributed by atoms with Gasteiger partial charge in [0.25, 0.3) is 5.91 Å². The van der Waals surface area contributed by atoms with Crippen LogP contribution < -0.4 is 15.2 Å². The number of carbonyl (C=O) groups is 1. The summed E-state index contributed by atoms with van der Waals surface area (Å²) >= 11 is 0. The lowest BCUT2D eigenvalue weighted by atomic mass is 9.80. The molecule has 3 atom stereocenters. The van der Waals surface area contributed by atoms with Crippen molar-refractivity contribution >= 4 is 16.9 Å². The van der Waals surface area contributed by atoms with Gasteiger partial charge in [-0.05, 0) is 68.5 Å². The predicted octanol–water partition coefficient (Wildman–Crippen LogP) is 3.67. The van der Waals surface area contributed by atoms with Crippen molar-refractivity contribution in [2.75, 3.05) is 33.1 Å². The standard InChI is InChI=1S/C30H35N3O7/c1-2-37-29-21(6-5-15-34)22(19-9-10-25-26(16-19)39-18-38-25)17-27(40-29)28(35)32-13-11-20(12-14-32)33-24-8-4-3-7-23(24)31-30(33)36/h3-4,7-10,16-17,20-22,29,34H,2,5-6,11-15,18H2,1H3,(H,31,36). The minimum Gasteiger partial charge on any atom is -0.459 e. The van der Waals surface area contributed by atoms with E-state index < -0.39 is 6.29 Å². The molecule has 10 nitrogen and oxygen atoms in total. The Kier molecular flexibility index (Phi) is 7.53. The van der Waals surface area contributed by atoms with Gasteiger partial charge in [-0.1, -0.05) is 18.2 Å². The maximum Gasteiger partial charge on any atom is 0.326 e. The monoisotopic (exact) mass is 549 g/mol. The lowest BCUT2D eigenvalue weighted by molar-refractivity contribution is -0.170. The van der Waals surface area contributed by atoms with Crippen molar-refractivity contribution in [1.29, 1.82) is 0 Å². The van der Waals surface area contributed by atoms with Crippen molar-refractivity contribution in [3.63, 3.8) is 0 Å². The SMILES string of the molecule is CCOC1OC(C(=O)N2CCC(n3c(=O)[nH]c4ccccc43)CC2)=CC(c2ccc3c(c2)OCO3)C1CCCO. The predicted molar refractivity (Wildman–Crippen MR) is 147 cm³/mol. The molecule has 3 aliphatic rings. The first kappa shape index (κ1) is 26.5. The number of imidazole rings is 1. The number of likely N-dealkylation sites (tertiary alicyclic amines) is 1. The topological polar surface area (TPSA) is 115 Å². The summed E-state index contributed by atoms with van der Waals surface area (Å²) in [5.74, 6) is 1.19. The Balaban J connectivity index is 1.24. The van der Waals surface area contributed by atoms with E-state index in [-0.39, 0.29) is 48.6 Å². The van der Waals surface area contributed by atoms with Crippen LogP contribution in [0, 0.1) is 5.92 Å². The Morgan fingerprint density at radius 3 is 2.73 bits per heavy atom. The van der Waals surface area contributed by atoms with Crippen LogP contribution in [0.3, 0.4) is 0 Å². The Morgan fingerprint density at radius 2 is 1.93 bits per heavy atom. The van der Waals surface area contributed by atoms with Gasteiger partial charge in [0.05, 0.1) is 11.0 Å². The summed E-state index contributed by atoms with van der Waals surface area (Å²) in [4.78, 5) is 31.2. The van der Waals surface area contributed by atoms with E-state index >= 15 is 0 Å². The third-order valence-corrected chi connectivity index (χ3v) is 8.14. The molecule has 10 heteroatoms. The number of aromatic nitrogens is 2. The number of piperidine rings is 1. The largest absolute Gasteiger partial charge is 0.459 e. The number of nitrogens with zero attached hydrogens (tertiary/aromatic N) is 2. The number of aliphatic hydroxyl groups excluding tert-OH is 1. The Morgan fingerprint density at radius 1 is 1.12 bits per heavy atom. The number of para-hydroxylation sites is 2. The molecular weight excluding hydrogens is 514 g/mol. The van der Waals surface area contributed by atoms with Crippen LogP contribution >= 0.6 is 0 Å². The van der Waals surface area contributed by atoms with Crippen LogP contribution in [0.1, 0.15) is 50.1 Å². The molecule has 40 heavy (non-hydrogen) atoms. The van der Waals surface area contributed by atoms with E-state index in [2.05, 4.69) is 4.98 Å². The summed E-state index contributed by atoms with van der Waals surface area (Å²) in [6.45, 7) is 3.60. The van der Waals surface area contributed by atoms with Crippen LogP contribution in [0.4, 0.5) is 0 Å². The minimum absolute atomic E-state index is 0.00868. The fourth-order valence-electron chi connectivity index (χ4n) is 6.18. The summed E-state index contributed by atoms with van der Waals surface area (Å²) in [6, 6.07) is 13.5. The second-order valence-electron chi connectivity index (χ2n) is 10.5. The molecule has 3 unspecified atom stereocenters. The van der Waals surface area contributed by atoms with Gasteiger partial charge in [0, 0.05) is 44.2 Å². The highest BCUT2D eigenvalue weighted by molar-refractivity contribution is 5.92. The molecule has 1 amide bonds. The minimum atomic E-state index is -0.627. The van der Waals surface area contributed by atoms with Gasteiger partial charge in [-0.15, -0.1) is 0 Å². The first-order valence-electron chi connectivity index (χ1n) is 14.1. The second-order valence-corrected chi connectivity index (χ2v) is 10.5. The number of hydrogen-bond donors (Lipinski definition) is 2. The third kappa shape index (κ3) is 4.97. The molecule has 212 valence electrons. The third-order valence-electron chi connectivity index (χ3n) is 8.14. The van der Waals surface area contributed by atoms with E-state index in [0.717, 1.165) is 16.6 Å². The van der Waals surface area contributed by atoms with E-state index in [9.17, 15) is 14.7 Å². The highest BCUT2D eigenvalue weighted by atomic mass is 16.7. The average Bonchev–Trinajstić information content (AvgIpc) is 3.59. The number of H-pyrrole nitrogens is 1. The van der Waals surface area contributed by atoms with Gasteiger partial charge in [0.1, 0.15) is 0 Å². The number of aliphatic hydroxyl groups is 1. The lowest BCUT2D eigenvalue weighted by Gasteiger charge is -2.39. The summed E-state index contributed by atoms with van der Waals surface area (Å²) in [7, 11) is 0. The zero-order valence-corrected chi connectivity index (χ0v) is 22.6. The summed E-state index contributed by atoms with van der Waals surface area (Å²) in [6.07, 6.45) is 3.87. The van der Waals surface area contributed by atoms with Crippen molar-refractivity contribution in [3.05, 3.63) is 70.3 Å². The van der Waals surface area contributed by atoms with E-state index in [4.69, 9.17) is 18.9 Å². The molecule has 0 saturated carbocycles. The van der Waals surface area contributed by atoms with Gasteiger partial charge in [-0.3, -0.25) is 9.36 Å². The molecule has 1 fully saturated rings. The zero-order valence-electron chi connectivity index (χ0n) is 22.6. The van der Waals surface area contributed by atoms with Gasteiger partial charge in [-0.2, -0.15) is 0 Å². The number of carbonyl (C=O) groups excluding carboxylic acids is 1. The number of allylic oxidation sites excluding steroid dienone is 1. The molecule has 2 aromatic carbocycles. The molecular formula is C30H35N3O7. The quantitative estimate of drug-likeness (QED) is 0.441. The maximum absolute atomic E-state index is 13.8. The van der Waals surface area contributed by atoms with Crippen LogP contribution in [-0.4, -0.2) is 64.9 Å². The number of nitrogens with one attached hydrogen (secondary N) is 1. The molecule has 1 aromatic heterocycles. The summed E-state index contributed by atoms with van der Waals surface area (Å²) < 4.78 is 25.2. The van der Waals surface area contributed by atoms with Crippen molar-refractivity contribution in [3.8, 4) is 11.5 Å². The molecule has 2 N–H and O–H groups in total. The highest BCUT2D eigenvalue weighted by Crippen LogP contribution is 2.43.